The quantitative estimate of drug-likeness (QED) is 0.598. The lowest BCUT2D eigenvalue weighted by atomic mass is 9.89. The normalized spacial score (nSPS) is 22.4. The minimum atomic E-state index is -0.315. The molecule has 1 aliphatic heterocycles. The number of aliphatic imine (C=N–C) groups is 1. The van der Waals surface area contributed by atoms with Crippen LogP contribution in [0, 0.1) is 5.92 Å². The Hall–Kier alpha value is -1.90. The third-order valence-electron chi connectivity index (χ3n) is 3.69. The van der Waals surface area contributed by atoms with E-state index in [1.165, 1.54) is 19.3 Å². The number of hydrogen-bond donors (Lipinski definition) is 0. The molecule has 0 N–H and O–H groups in total. The van der Waals surface area contributed by atoms with Crippen LogP contribution in [0.3, 0.4) is 0 Å². The predicted molar refractivity (Wildman–Crippen MR) is 74.5 cm³/mol. The van der Waals surface area contributed by atoms with Crippen molar-refractivity contribution in [3.63, 3.8) is 0 Å². The molecule has 19 heavy (non-hydrogen) atoms. The molecule has 3 heteroatoms. The molecule has 0 radical (unpaired) electrons. The summed E-state index contributed by atoms with van der Waals surface area (Å²) >= 11 is 0. The molecule has 1 saturated carbocycles. The van der Waals surface area contributed by atoms with Gasteiger partial charge in [0.25, 0.3) is 0 Å². The van der Waals surface area contributed by atoms with Gasteiger partial charge in [0.15, 0.2) is 5.70 Å². The first-order chi connectivity index (χ1) is 9.33. The van der Waals surface area contributed by atoms with Crippen molar-refractivity contribution in [2.45, 2.75) is 32.1 Å². The van der Waals surface area contributed by atoms with Crippen LogP contribution in [0.25, 0.3) is 6.08 Å². The molecule has 98 valence electrons. The molecular weight excluding hydrogens is 238 g/mol. The van der Waals surface area contributed by atoms with Crippen LogP contribution in [-0.4, -0.2) is 11.9 Å². The number of ether oxygens (including phenoxy) is 1. The van der Waals surface area contributed by atoms with Gasteiger partial charge in [0.05, 0.1) is 0 Å². The first kappa shape index (κ1) is 12.2. The molecule has 0 aromatic heterocycles. The van der Waals surface area contributed by atoms with Crippen molar-refractivity contribution in [2.24, 2.45) is 10.9 Å². The van der Waals surface area contributed by atoms with Gasteiger partial charge in [-0.05, 0) is 24.5 Å². The maximum Gasteiger partial charge on any atom is 0.363 e. The average molecular weight is 255 g/mol. The van der Waals surface area contributed by atoms with E-state index < -0.39 is 0 Å². The summed E-state index contributed by atoms with van der Waals surface area (Å²) in [4.78, 5) is 16.2. The fourth-order valence-corrected chi connectivity index (χ4v) is 2.66. The van der Waals surface area contributed by atoms with E-state index in [4.69, 9.17) is 4.74 Å². The van der Waals surface area contributed by atoms with Crippen molar-refractivity contribution < 1.29 is 9.53 Å². The molecule has 0 bridgehead atoms. The number of esters is 1. The lowest BCUT2D eigenvalue weighted by Gasteiger charge is -2.19. The van der Waals surface area contributed by atoms with E-state index in [2.05, 4.69) is 4.99 Å². The van der Waals surface area contributed by atoms with Crippen LogP contribution in [-0.2, 0) is 9.53 Å². The molecule has 3 rings (SSSR count). The Morgan fingerprint density at radius 3 is 2.58 bits per heavy atom. The monoisotopic (exact) mass is 255 g/mol. The Morgan fingerprint density at radius 1 is 1.11 bits per heavy atom. The molecule has 1 aromatic rings. The maximum absolute atomic E-state index is 11.8. The molecule has 0 spiro atoms. The number of carbonyl (C=O) groups excluding carboxylic acids is 1. The zero-order valence-corrected chi connectivity index (χ0v) is 10.8. The van der Waals surface area contributed by atoms with E-state index in [1.54, 1.807) is 6.08 Å². The van der Waals surface area contributed by atoms with Gasteiger partial charge in [-0.25, -0.2) is 9.79 Å². The molecule has 0 amide bonds. The third kappa shape index (κ3) is 2.75. The van der Waals surface area contributed by atoms with E-state index >= 15 is 0 Å². The van der Waals surface area contributed by atoms with Crippen molar-refractivity contribution in [3.05, 3.63) is 41.6 Å². The highest BCUT2D eigenvalue weighted by Crippen LogP contribution is 2.29. The molecule has 1 aliphatic carbocycles. The van der Waals surface area contributed by atoms with Gasteiger partial charge in [-0.2, -0.15) is 0 Å². The summed E-state index contributed by atoms with van der Waals surface area (Å²) in [6, 6.07) is 9.74. The molecular formula is C16H17NO2. The molecule has 0 atom stereocenters. The lowest BCUT2D eigenvalue weighted by Crippen LogP contribution is -2.19. The van der Waals surface area contributed by atoms with Crippen LogP contribution in [0.15, 0.2) is 41.0 Å². The second-order valence-electron chi connectivity index (χ2n) is 5.11. The van der Waals surface area contributed by atoms with E-state index in [0.717, 1.165) is 18.4 Å². The summed E-state index contributed by atoms with van der Waals surface area (Å²) in [6.07, 6.45) is 7.66. The van der Waals surface area contributed by atoms with Crippen molar-refractivity contribution in [1.29, 1.82) is 0 Å². The minimum absolute atomic E-state index is 0.315. The van der Waals surface area contributed by atoms with Crippen molar-refractivity contribution in [2.75, 3.05) is 0 Å². The summed E-state index contributed by atoms with van der Waals surface area (Å²) in [7, 11) is 0. The molecule has 3 nitrogen and oxygen atoms in total. The largest absolute Gasteiger partial charge is 0.406 e. The number of cyclic esters (lactones) is 1. The summed E-state index contributed by atoms with van der Waals surface area (Å²) in [5.74, 6) is 0.649. The van der Waals surface area contributed by atoms with Crippen molar-refractivity contribution in [1.82, 2.24) is 0 Å². The second-order valence-corrected chi connectivity index (χ2v) is 5.11. The van der Waals surface area contributed by atoms with Crippen LogP contribution < -0.4 is 0 Å². The van der Waals surface area contributed by atoms with Gasteiger partial charge >= 0.3 is 5.97 Å². The lowest BCUT2D eigenvalue weighted by molar-refractivity contribution is -0.130. The van der Waals surface area contributed by atoms with Crippen LogP contribution >= 0.6 is 0 Å². The molecule has 1 heterocycles. The van der Waals surface area contributed by atoms with Gasteiger partial charge in [0.1, 0.15) is 0 Å². The summed E-state index contributed by atoms with van der Waals surface area (Å²) in [5.41, 5.74) is 1.40. The van der Waals surface area contributed by atoms with E-state index in [1.807, 2.05) is 30.3 Å². The van der Waals surface area contributed by atoms with Crippen LogP contribution in [0.1, 0.15) is 37.7 Å². The summed E-state index contributed by atoms with van der Waals surface area (Å²) in [5, 5.41) is 0. The molecule has 0 saturated heterocycles. The van der Waals surface area contributed by atoms with Crippen LogP contribution in [0.5, 0.6) is 0 Å². The van der Waals surface area contributed by atoms with Gasteiger partial charge in [0, 0.05) is 5.92 Å². The Balaban J connectivity index is 1.81. The van der Waals surface area contributed by atoms with Crippen molar-refractivity contribution >= 4 is 17.9 Å². The molecule has 1 aromatic carbocycles. The number of hydrogen-bond acceptors (Lipinski definition) is 3. The van der Waals surface area contributed by atoms with Gasteiger partial charge in [-0.15, -0.1) is 0 Å². The minimum Gasteiger partial charge on any atom is -0.406 e. The molecule has 0 unspecified atom stereocenters. The molecule has 2 aliphatic rings. The van der Waals surface area contributed by atoms with Crippen molar-refractivity contribution in [3.8, 4) is 0 Å². The molecule has 1 fully saturated rings. The number of carbonyl (C=O) groups is 1. The Morgan fingerprint density at radius 2 is 1.84 bits per heavy atom. The number of rotatable bonds is 2. The highest BCUT2D eigenvalue weighted by atomic mass is 16.6. The highest BCUT2D eigenvalue weighted by molar-refractivity contribution is 6.07. The maximum atomic E-state index is 11.8. The first-order valence-corrected chi connectivity index (χ1v) is 6.90. The second kappa shape index (κ2) is 5.39. The zero-order valence-electron chi connectivity index (χ0n) is 10.8. The fourth-order valence-electron chi connectivity index (χ4n) is 2.66. The SMILES string of the molecule is O=C1OC(C2CCCCC2)=N/C1=C\c1ccccc1. The van der Waals surface area contributed by atoms with Gasteiger partial charge < -0.3 is 4.74 Å². The third-order valence-corrected chi connectivity index (χ3v) is 3.69. The van der Waals surface area contributed by atoms with E-state index in [-0.39, 0.29) is 5.97 Å². The van der Waals surface area contributed by atoms with Gasteiger partial charge in [0.2, 0.25) is 5.90 Å². The summed E-state index contributed by atoms with van der Waals surface area (Å²) in [6.45, 7) is 0. The Labute approximate surface area is 113 Å². The van der Waals surface area contributed by atoms with E-state index in [9.17, 15) is 4.79 Å². The fraction of sp³-hybridized carbons (Fsp3) is 0.375. The van der Waals surface area contributed by atoms with Gasteiger partial charge in [-0.1, -0.05) is 49.6 Å². The average Bonchev–Trinajstić information content (AvgIpc) is 2.82. The number of nitrogens with zero attached hydrogens (tertiary/aromatic N) is 1. The van der Waals surface area contributed by atoms with Gasteiger partial charge in [-0.3, -0.25) is 0 Å². The topological polar surface area (TPSA) is 38.7 Å². The predicted octanol–water partition coefficient (Wildman–Crippen LogP) is 3.56. The first-order valence-electron chi connectivity index (χ1n) is 6.90. The van der Waals surface area contributed by atoms with E-state index in [0.29, 0.717) is 17.5 Å². The standard InChI is InChI=1S/C16H17NO2/c18-16-14(11-12-7-3-1-4-8-12)17-15(19-16)13-9-5-2-6-10-13/h1,3-4,7-8,11,13H,2,5-6,9-10H2/b14-11-. The smallest absolute Gasteiger partial charge is 0.363 e. The highest BCUT2D eigenvalue weighted by Gasteiger charge is 2.29. The zero-order chi connectivity index (χ0) is 13.1. The summed E-state index contributed by atoms with van der Waals surface area (Å²) < 4.78 is 5.33. The van der Waals surface area contributed by atoms with Crippen LogP contribution in [0.4, 0.5) is 0 Å². The Kier molecular flexibility index (Phi) is 3.45. The van der Waals surface area contributed by atoms with Crippen LogP contribution in [0.2, 0.25) is 0 Å². The Bertz CT molecular complexity index is 525. The number of benzene rings is 1.